The normalized spacial score (nSPS) is 14.5. The van der Waals surface area contributed by atoms with Crippen LogP contribution in [0.3, 0.4) is 0 Å². The van der Waals surface area contributed by atoms with E-state index in [0.29, 0.717) is 35.3 Å². The molecule has 0 atom stereocenters. The SMILES string of the molecule is Cn1c(=O)c(C(=O)NCc2ccc(C#N)cc2)cc2ncnc(NCC3(S(C)(=O)=O)CC3)c21. The number of aryl methyl sites for hydroxylation is 1. The highest BCUT2D eigenvalue weighted by Crippen LogP contribution is 2.43. The summed E-state index contributed by atoms with van der Waals surface area (Å²) in [5.41, 5.74) is 1.47. The number of carbonyl (C=O) groups excluding carboxylic acids is 1. The van der Waals surface area contributed by atoms with E-state index in [1.807, 2.05) is 6.07 Å². The van der Waals surface area contributed by atoms with Gasteiger partial charge in [0.1, 0.15) is 17.4 Å². The third kappa shape index (κ3) is 4.29. The molecular formula is C22H22N6O4S. The number of pyridine rings is 1. The summed E-state index contributed by atoms with van der Waals surface area (Å²) in [6.07, 6.45) is 3.67. The van der Waals surface area contributed by atoms with Crippen molar-refractivity contribution in [1.82, 2.24) is 19.9 Å². The number of nitriles is 1. The molecule has 170 valence electrons. The number of fused-ring (bicyclic) bond motifs is 1. The van der Waals surface area contributed by atoms with Gasteiger partial charge in [-0.3, -0.25) is 9.59 Å². The van der Waals surface area contributed by atoms with Crippen molar-refractivity contribution < 1.29 is 13.2 Å². The zero-order valence-electron chi connectivity index (χ0n) is 18.1. The molecule has 0 radical (unpaired) electrons. The summed E-state index contributed by atoms with van der Waals surface area (Å²) in [6.45, 7) is 0.370. The Balaban J connectivity index is 1.58. The Hall–Kier alpha value is -3.78. The number of rotatable bonds is 7. The van der Waals surface area contributed by atoms with Gasteiger partial charge in [-0.2, -0.15) is 5.26 Å². The van der Waals surface area contributed by atoms with Gasteiger partial charge in [-0.15, -0.1) is 0 Å². The van der Waals surface area contributed by atoms with Crippen molar-refractivity contribution in [1.29, 1.82) is 5.26 Å². The van der Waals surface area contributed by atoms with Gasteiger partial charge in [-0.25, -0.2) is 18.4 Å². The summed E-state index contributed by atoms with van der Waals surface area (Å²) < 4.78 is 24.6. The second kappa shape index (κ2) is 8.29. The predicted molar refractivity (Wildman–Crippen MR) is 122 cm³/mol. The maximum Gasteiger partial charge on any atom is 0.263 e. The smallest absolute Gasteiger partial charge is 0.263 e. The highest BCUT2D eigenvalue weighted by molar-refractivity contribution is 7.92. The number of carbonyl (C=O) groups is 1. The molecule has 11 heteroatoms. The van der Waals surface area contributed by atoms with Gasteiger partial charge in [0, 0.05) is 26.4 Å². The van der Waals surface area contributed by atoms with Crippen LogP contribution in [0.25, 0.3) is 11.0 Å². The van der Waals surface area contributed by atoms with Crippen LogP contribution in [0.1, 0.15) is 34.3 Å². The highest BCUT2D eigenvalue weighted by atomic mass is 32.2. The molecule has 2 heterocycles. The zero-order valence-corrected chi connectivity index (χ0v) is 18.9. The fraction of sp³-hybridized carbons (Fsp3) is 0.318. The van der Waals surface area contributed by atoms with Gasteiger partial charge >= 0.3 is 0 Å². The van der Waals surface area contributed by atoms with Crippen molar-refractivity contribution in [2.45, 2.75) is 24.1 Å². The molecule has 0 spiro atoms. The molecule has 1 aromatic carbocycles. The molecule has 1 amide bonds. The first-order chi connectivity index (χ1) is 15.6. The zero-order chi connectivity index (χ0) is 23.8. The number of benzene rings is 1. The van der Waals surface area contributed by atoms with E-state index in [1.54, 1.807) is 24.3 Å². The monoisotopic (exact) mass is 466 g/mol. The van der Waals surface area contributed by atoms with E-state index in [4.69, 9.17) is 5.26 Å². The van der Waals surface area contributed by atoms with Gasteiger partial charge in [-0.1, -0.05) is 12.1 Å². The first-order valence-corrected chi connectivity index (χ1v) is 12.1. The van der Waals surface area contributed by atoms with E-state index in [2.05, 4.69) is 20.6 Å². The van der Waals surface area contributed by atoms with Crippen molar-refractivity contribution in [3.8, 4) is 6.07 Å². The molecule has 1 aliphatic rings. The number of sulfone groups is 1. The molecule has 0 bridgehead atoms. The van der Waals surface area contributed by atoms with E-state index in [9.17, 15) is 18.0 Å². The third-order valence-electron chi connectivity index (χ3n) is 5.96. The lowest BCUT2D eigenvalue weighted by Gasteiger charge is -2.16. The second-order valence-corrected chi connectivity index (χ2v) is 10.6. The molecule has 2 N–H and O–H groups in total. The van der Waals surface area contributed by atoms with Crippen LogP contribution < -0.4 is 16.2 Å². The molecule has 0 saturated heterocycles. The lowest BCUT2D eigenvalue weighted by molar-refractivity contribution is 0.0949. The Bertz CT molecular complexity index is 1450. The van der Waals surface area contributed by atoms with Crippen LogP contribution in [0, 0.1) is 11.3 Å². The number of aromatic nitrogens is 3. The molecule has 0 unspecified atom stereocenters. The minimum absolute atomic E-state index is 0.0712. The number of hydrogen-bond donors (Lipinski definition) is 2. The molecule has 0 aliphatic heterocycles. The van der Waals surface area contributed by atoms with Gasteiger partial charge < -0.3 is 15.2 Å². The van der Waals surface area contributed by atoms with Crippen molar-refractivity contribution in [2.75, 3.05) is 18.1 Å². The molecule has 1 aliphatic carbocycles. The molecule has 1 fully saturated rings. The van der Waals surface area contributed by atoms with Gasteiger partial charge in [-0.05, 0) is 36.6 Å². The number of anilines is 1. The topological polar surface area (TPSA) is 147 Å². The van der Waals surface area contributed by atoms with Crippen molar-refractivity contribution in [3.05, 3.63) is 63.7 Å². The van der Waals surface area contributed by atoms with Crippen LogP contribution >= 0.6 is 0 Å². The van der Waals surface area contributed by atoms with Gasteiger partial charge in [0.2, 0.25) is 0 Å². The Morgan fingerprint density at radius 2 is 1.94 bits per heavy atom. The number of amides is 1. The van der Waals surface area contributed by atoms with Crippen LogP contribution in [-0.4, -0.2) is 46.4 Å². The van der Waals surface area contributed by atoms with Crippen LogP contribution in [0.2, 0.25) is 0 Å². The first-order valence-electron chi connectivity index (χ1n) is 10.2. The lowest BCUT2D eigenvalue weighted by atomic mass is 10.1. The van der Waals surface area contributed by atoms with Crippen molar-refractivity contribution in [3.63, 3.8) is 0 Å². The molecule has 4 rings (SSSR count). The van der Waals surface area contributed by atoms with Crippen molar-refractivity contribution >= 4 is 32.6 Å². The lowest BCUT2D eigenvalue weighted by Crippen LogP contribution is -2.33. The quantitative estimate of drug-likeness (QED) is 0.526. The first kappa shape index (κ1) is 22.4. The standard InChI is InChI=1S/C22H22N6O4S/c1-28-18-17(26-13-27-19(18)25-12-22(7-8-22)33(2,31)32)9-16(21(28)30)20(29)24-11-15-5-3-14(10-23)4-6-15/h3-6,9,13H,7-8,11-12H2,1-2H3,(H,24,29)(H,25,26,27). The summed E-state index contributed by atoms with van der Waals surface area (Å²) in [4.78, 5) is 34.0. The average Bonchev–Trinajstić information content (AvgIpc) is 3.60. The van der Waals surface area contributed by atoms with Crippen LogP contribution in [0.4, 0.5) is 5.82 Å². The number of nitrogens with zero attached hydrogens (tertiary/aromatic N) is 4. The van der Waals surface area contributed by atoms with E-state index >= 15 is 0 Å². The average molecular weight is 467 g/mol. The summed E-state index contributed by atoms with van der Waals surface area (Å²) in [5, 5.41) is 14.6. The minimum Gasteiger partial charge on any atom is -0.367 e. The second-order valence-electron chi connectivity index (χ2n) is 8.18. The molecular weight excluding hydrogens is 444 g/mol. The third-order valence-corrected chi connectivity index (χ3v) is 8.08. The Kier molecular flexibility index (Phi) is 5.63. The summed E-state index contributed by atoms with van der Waals surface area (Å²) >= 11 is 0. The van der Waals surface area contributed by atoms with E-state index in [1.165, 1.54) is 30.3 Å². The Labute approximate surface area is 190 Å². The number of nitrogens with one attached hydrogen (secondary N) is 2. The minimum atomic E-state index is -3.23. The molecule has 1 saturated carbocycles. The maximum absolute atomic E-state index is 12.9. The van der Waals surface area contributed by atoms with Gasteiger partial charge in [0.25, 0.3) is 11.5 Å². The Morgan fingerprint density at radius 3 is 2.55 bits per heavy atom. The molecule has 10 nitrogen and oxygen atoms in total. The molecule has 3 aromatic rings. The fourth-order valence-corrected chi connectivity index (χ4v) is 4.82. The van der Waals surface area contributed by atoms with Gasteiger partial charge in [0.15, 0.2) is 15.7 Å². The fourth-order valence-electron chi connectivity index (χ4n) is 3.64. The van der Waals surface area contributed by atoms with Crippen LogP contribution in [0.5, 0.6) is 0 Å². The molecule has 2 aromatic heterocycles. The van der Waals surface area contributed by atoms with E-state index in [-0.39, 0.29) is 18.7 Å². The van der Waals surface area contributed by atoms with E-state index in [0.717, 1.165) is 5.56 Å². The van der Waals surface area contributed by atoms with Gasteiger partial charge in [0.05, 0.1) is 21.9 Å². The number of hydrogen-bond acceptors (Lipinski definition) is 8. The summed E-state index contributed by atoms with van der Waals surface area (Å²) in [7, 11) is -1.71. The summed E-state index contributed by atoms with van der Waals surface area (Å²) in [5.74, 6) is -0.219. The largest absolute Gasteiger partial charge is 0.367 e. The predicted octanol–water partition coefficient (Wildman–Crippen LogP) is 1.12. The summed E-state index contributed by atoms with van der Waals surface area (Å²) in [6, 6.07) is 10.2. The highest BCUT2D eigenvalue weighted by Gasteiger charge is 2.51. The maximum atomic E-state index is 12.9. The van der Waals surface area contributed by atoms with Crippen LogP contribution in [-0.2, 0) is 23.4 Å². The molecule has 33 heavy (non-hydrogen) atoms. The van der Waals surface area contributed by atoms with Crippen LogP contribution in [0.15, 0.2) is 41.5 Å². The van der Waals surface area contributed by atoms with Crippen molar-refractivity contribution in [2.24, 2.45) is 7.05 Å². The van der Waals surface area contributed by atoms with E-state index < -0.39 is 26.1 Å². The Morgan fingerprint density at radius 1 is 1.24 bits per heavy atom.